The Morgan fingerprint density at radius 1 is 1.39 bits per heavy atom. The minimum atomic E-state index is -1.14. The van der Waals surface area contributed by atoms with Crippen molar-refractivity contribution in [1.82, 2.24) is 4.90 Å². The molecule has 1 fully saturated rings. The molecule has 3 unspecified atom stereocenters. The number of ether oxygens (including phenoxy) is 1. The minimum Gasteiger partial charge on any atom is -0.444 e. The lowest BCUT2D eigenvalue weighted by molar-refractivity contribution is -0.000689. The molecule has 4 nitrogen and oxygen atoms in total. The van der Waals surface area contributed by atoms with Crippen LogP contribution in [0.15, 0.2) is 30.3 Å². The number of nitrogens with zero attached hydrogens (tertiary/aromatic N) is 1. The van der Waals surface area contributed by atoms with E-state index in [1.165, 1.54) is 4.90 Å². The number of carbonyl (C=O) groups is 1. The Morgan fingerprint density at radius 2 is 2.04 bits per heavy atom. The van der Waals surface area contributed by atoms with Crippen molar-refractivity contribution in [2.24, 2.45) is 5.92 Å². The number of hydrogen-bond donors (Lipinski definition) is 1. The molecule has 1 heterocycles. The molecule has 1 aromatic rings. The number of aliphatic hydroxyl groups excluding tert-OH is 1. The highest BCUT2D eigenvalue weighted by Gasteiger charge is 2.34. The van der Waals surface area contributed by atoms with Gasteiger partial charge in [0.2, 0.25) is 0 Å². The summed E-state index contributed by atoms with van der Waals surface area (Å²) in [5.74, 6) is -0.246. The lowest BCUT2D eigenvalue weighted by atomic mass is 9.88. The van der Waals surface area contributed by atoms with Crippen molar-refractivity contribution in [1.29, 1.82) is 0 Å². The molecule has 0 radical (unpaired) electrons. The number of aliphatic hydroxyl groups is 1. The first-order valence-corrected chi connectivity index (χ1v) is 8.11. The van der Waals surface area contributed by atoms with E-state index >= 15 is 0 Å². The summed E-state index contributed by atoms with van der Waals surface area (Å²) in [6, 6.07) is 9.28. The Balaban J connectivity index is 1.88. The van der Waals surface area contributed by atoms with Gasteiger partial charge in [-0.25, -0.2) is 9.18 Å². The van der Waals surface area contributed by atoms with Crippen LogP contribution in [0.3, 0.4) is 0 Å². The van der Waals surface area contributed by atoms with Crippen LogP contribution < -0.4 is 0 Å². The highest BCUT2D eigenvalue weighted by atomic mass is 19.1. The van der Waals surface area contributed by atoms with Crippen molar-refractivity contribution in [3.63, 3.8) is 0 Å². The van der Waals surface area contributed by atoms with Gasteiger partial charge in [0.25, 0.3) is 0 Å². The summed E-state index contributed by atoms with van der Waals surface area (Å²) in [5, 5.41) is 10.2. The van der Waals surface area contributed by atoms with Crippen molar-refractivity contribution in [3.05, 3.63) is 35.9 Å². The molecule has 2 rings (SSSR count). The molecule has 0 spiro atoms. The third-order valence-electron chi connectivity index (χ3n) is 4.04. The van der Waals surface area contributed by atoms with Crippen molar-refractivity contribution >= 4 is 6.09 Å². The maximum atomic E-state index is 14.4. The molecule has 0 bridgehead atoms. The zero-order valence-electron chi connectivity index (χ0n) is 14.0. The number of likely N-dealkylation sites (tertiary alicyclic amines) is 1. The van der Waals surface area contributed by atoms with Crippen LogP contribution in [0.1, 0.15) is 45.3 Å². The molecule has 0 aliphatic carbocycles. The Hall–Kier alpha value is -1.62. The summed E-state index contributed by atoms with van der Waals surface area (Å²) in [7, 11) is 0. The predicted octanol–water partition coefficient (Wildman–Crippen LogP) is 3.71. The summed E-state index contributed by atoms with van der Waals surface area (Å²) in [4.78, 5) is 13.4. The number of piperidine rings is 1. The fourth-order valence-electron chi connectivity index (χ4n) is 2.81. The lowest BCUT2D eigenvalue weighted by Gasteiger charge is -2.36. The van der Waals surface area contributed by atoms with E-state index in [1.807, 2.05) is 30.3 Å². The maximum absolute atomic E-state index is 14.4. The van der Waals surface area contributed by atoms with Gasteiger partial charge < -0.3 is 14.7 Å². The van der Waals surface area contributed by atoms with E-state index in [4.69, 9.17) is 4.74 Å². The Bertz CT molecular complexity index is 515. The summed E-state index contributed by atoms with van der Waals surface area (Å²) < 4.78 is 19.7. The van der Waals surface area contributed by atoms with E-state index in [0.29, 0.717) is 19.4 Å². The van der Waals surface area contributed by atoms with Crippen LogP contribution in [0.25, 0.3) is 0 Å². The van der Waals surface area contributed by atoms with E-state index in [-0.39, 0.29) is 12.5 Å². The van der Waals surface area contributed by atoms with Crippen molar-refractivity contribution in [2.45, 2.75) is 51.5 Å². The quantitative estimate of drug-likeness (QED) is 0.922. The van der Waals surface area contributed by atoms with Crippen LogP contribution in [0.5, 0.6) is 0 Å². The SMILES string of the molecule is CC(C)(C)OC(=O)N1CCC(CC(O)c2ccccc2)C(F)C1. The first-order valence-electron chi connectivity index (χ1n) is 8.11. The molecule has 3 atom stereocenters. The minimum absolute atomic E-state index is 0.0289. The smallest absolute Gasteiger partial charge is 0.410 e. The summed E-state index contributed by atoms with van der Waals surface area (Å²) in [6.45, 7) is 5.87. The molecular weight excluding hydrogens is 297 g/mol. The molecule has 128 valence electrons. The van der Waals surface area contributed by atoms with Gasteiger partial charge in [0.15, 0.2) is 0 Å². The number of carbonyl (C=O) groups excluding carboxylic acids is 1. The summed E-state index contributed by atoms with van der Waals surface area (Å²) in [6.07, 6.45) is -1.39. The number of alkyl halides is 1. The molecule has 1 aromatic carbocycles. The second kappa shape index (κ2) is 7.30. The molecule has 0 saturated carbocycles. The molecule has 1 aliphatic heterocycles. The monoisotopic (exact) mass is 323 g/mol. The Labute approximate surface area is 137 Å². The van der Waals surface area contributed by atoms with Crippen LogP contribution in [0, 0.1) is 5.92 Å². The van der Waals surface area contributed by atoms with Gasteiger partial charge in [-0.15, -0.1) is 0 Å². The molecule has 0 aromatic heterocycles. The predicted molar refractivity (Wildman–Crippen MR) is 86.8 cm³/mol. The first kappa shape index (κ1) is 17.7. The van der Waals surface area contributed by atoms with Gasteiger partial charge in [-0.3, -0.25) is 0 Å². The number of rotatable bonds is 3. The first-order chi connectivity index (χ1) is 10.8. The van der Waals surface area contributed by atoms with Crippen LogP contribution in [0.2, 0.25) is 0 Å². The molecule has 23 heavy (non-hydrogen) atoms. The average Bonchev–Trinajstić information content (AvgIpc) is 2.48. The zero-order chi connectivity index (χ0) is 17.0. The number of hydrogen-bond acceptors (Lipinski definition) is 3. The van der Waals surface area contributed by atoms with Crippen LogP contribution in [-0.4, -0.2) is 41.0 Å². The van der Waals surface area contributed by atoms with Crippen molar-refractivity contribution in [2.75, 3.05) is 13.1 Å². The molecule has 1 N–H and O–H groups in total. The van der Waals surface area contributed by atoms with Gasteiger partial charge >= 0.3 is 6.09 Å². The third-order valence-corrected chi connectivity index (χ3v) is 4.04. The summed E-state index contributed by atoms with van der Waals surface area (Å²) >= 11 is 0. The second-order valence-electron chi connectivity index (χ2n) is 7.15. The van der Waals surface area contributed by atoms with Crippen LogP contribution in [-0.2, 0) is 4.74 Å². The van der Waals surface area contributed by atoms with Crippen molar-refractivity contribution in [3.8, 4) is 0 Å². The van der Waals surface area contributed by atoms with E-state index in [9.17, 15) is 14.3 Å². The Kier molecular flexibility index (Phi) is 5.63. The van der Waals surface area contributed by atoms with Gasteiger partial charge in [-0.2, -0.15) is 0 Å². The molecule has 1 amide bonds. The van der Waals surface area contributed by atoms with E-state index < -0.39 is 24.0 Å². The number of halogens is 1. The molecular formula is C18H26FNO3. The standard InChI is InChI=1S/C18H26FNO3/c1-18(2,3)23-17(22)20-10-9-14(15(19)12-20)11-16(21)13-7-5-4-6-8-13/h4-8,14-16,21H,9-12H2,1-3H3. The van der Waals surface area contributed by atoms with E-state index in [0.717, 1.165) is 5.56 Å². The fourth-order valence-corrected chi connectivity index (χ4v) is 2.81. The van der Waals surface area contributed by atoms with Gasteiger partial charge in [0.1, 0.15) is 11.8 Å². The van der Waals surface area contributed by atoms with Crippen LogP contribution in [0.4, 0.5) is 9.18 Å². The molecule has 1 aliphatic rings. The van der Waals surface area contributed by atoms with E-state index in [2.05, 4.69) is 0 Å². The average molecular weight is 323 g/mol. The van der Waals surface area contributed by atoms with Gasteiger partial charge in [0, 0.05) is 6.54 Å². The third kappa shape index (κ3) is 5.20. The van der Waals surface area contributed by atoms with Crippen molar-refractivity contribution < 1.29 is 19.0 Å². The topological polar surface area (TPSA) is 49.8 Å². The van der Waals surface area contributed by atoms with Crippen LogP contribution >= 0.6 is 0 Å². The van der Waals surface area contributed by atoms with E-state index in [1.54, 1.807) is 20.8 Å². The van der Waals surface area contributed by atoms with Gasteiger partial charge in [0.05, 0.1) is 12.6 Å². The normalized spacial score (nSPS) is 23.4. The highest BCUT2D eigenvalue weighted by Crippen LogP contribution is 2.30. The highest BCUT2D eigenvalue weighted by molar-refractivity contribution is 5.68. The summed E-state index contributed by atoms with van der Waals surface area (Å²) in [5.41, 5.74) is 0.220. The van der Waals surface area contributed by atoms with Gasteiger partial charge in [-0.05, 0) is 45.1 Å². The maximum Gasteiger partial charge on any atom is 0.410 e. The lowest BCUT2D eigenvalue weighted by Crippen LogP contribution is -2.47. The Morgan fingerprint density at radius 3 is 2.61 bits per heavy atom. The van der Waals surface area contributed by atoms with Gasteiger partial charge in [-0.1, -0.05) is 30.3 Å². The number of amides is 1. The second-order valence-corrected chi connectivity index (χ2v) is 7.15. The number of benzene rings is 1. The largest absolute Gasteiger partial charge is 0.444 e. The fraction of sp³-hybridized carbons (Fsp3) is 0.611. The zero-order valence-corrected chi connectivity index (χ0v) is 14.0. The molecule has 5 heteroatoms. The molecule has 1 saturated heterocycles.